The topological polar surface area (TPSA) is 4.93 Å². The average molecular weight is 292 g/mol. The summed E-state index contributed by atoms with van der Waals surface area (Å²) in [5, 5.41) is 5.13. The molecular formula is C22H14N. The van der Waals surface area contributed by atoms with Gasteiger partial charge in [0, 0.05) is 16.5 Å². The van der Waals surface area contributed by atoms with Crippen LogP contribution in [0.2, 0.25) is 0 Å². The van der Waals surface area contributed by atoms with Crippen molar-refractivity contribution in [3.8, 4) is 5.69 Å². The number of rotatable bonds is 1. The summed E-state index contributed by atoms with van der Waals surface area (Å²) in [5.74, 6) is 0. The fourth-order valence-electron chi connectivity index (χ4n) is 3.53. The highest BCUT2D eigenvalue weighted by molar-refractivity contribution is 6.21. The van der Waals surface area contributed by atoms with E-state index in [0.717, 1.165) is 0 Å². The van der Waals surface area contributed by atoms with Crippen molar-refractivity contribution in [2.45, 2.75) is 0 Å². The van der Waals surface area contributed by atoms with Crippen molar-refractivity contribution in [1.29, 1.82) is 0 Å². The van der Waals surface area contributed by atoms with E-state index in [2.05, 4.69) is 89.5 Å². The van der Waals surface area contributed by atoms with Crippen molar-refractivity contribution in [2.24, 2.45) is 0 Å². The molecule has 5 aromatic rings. The van der Waals surface area contributed by atoms with Crippen LogP contribution in [0, 0.1) is 6.07 Å². The Kier molecular flexibility index (Phi) is 2.56. The standard InChI is InChI=1S/C22H14N/c1-2-9-17(10-3-1)23-20-13-7-6-12-19(20)22-18-11-5-4-8-16(18)14-15-21(22)23/h1-5,7-15H. The van der Waals surface area contributed by atoms with Crippen LogP contribution in [0.5, 0.6) is 0 Å². The summed E-state index contributed by atoms with van der Waals surface area (Å²) in [6, 6.07) is 33.0. The fraction of sp³-hybridized carbons (Fsp3) is 0. The quantitative estimate of drug-likeness (QED) is 0.371. The Hall–Kier alpha value is -3.06. The molecule has 107 valence electrons. The molecule has 0 saturated heterocycles. The van der Waals surface area contributed by atoms with E-state index in [1.807, 2.05) is 6.07 Å². The maximum absolute atomic E-state index is 3.24. The minimum atomic E-state index is 1.19. The Bertz CT molecular complexity index is 1150. The Morgan fingerprint density at radius 2 is 1.48 bits per heavy atom. The molecule has 0 N–H and O–H groups in total. The lowest BCUT2D eigenvalue weighted by Crippen LogP contribution is -1.92. The second-order valence-corrected chi connectivity index (χ2v) is 5.80. The lowest BCUT2D eigenvalue weighted by atomic mass is 10.0. The van der Waals surface area contributed by atoms with Gasteiger partial charge in [-0.15, -0.1) is 0 Å². The highest BCUT2D eigenvalue weighted by Crippen LogP contribution is 2.36. The first-order valence-electron chi connectivity index (χ1n) is 7.81. The number of nitrogens with zero attached hydrogens (tertiary/aromatic N) is 1. The molecular weight excluding hydrogens is 278 g/mol. The fourth-order valence-corrected chi connectivity index (χ4v) is 3.53. The molecule has 0 fully saturated rings. The summed E-state index contributed by atoms with van der Waals surface area (Å²) in [5.41, 5.74) is 3.65. The molecule has 0 bridgehead atoms. The zero-order valence-electron chi connectivity index (χ0n) is 12.5. The SMILES string of the molecule is [c]1ccc2c(c1)c1c3ccccc3ccc1n2-c1ccccc1. The van der Waals surface area contributed by atoms with Gasteiger partial charge in [0.1, 0.15) is 0 Å². The van der Waals surface area contributed by atoms with Gasteiger partial charge in [-0.25, -0.2) is 0 Å². The first kappa shape index (κ1) is 12.5. The van der Waals surface area contributed by atoms with E-state index >= 15 is 0 Å². The van der Waals surface area contributed by atoms with Crippen molar-refractivity contribution < 1.29 is 0 Å². The number of hydrogen-bond donors (Lipinski definition) is 0. The van der Waals surface area contributed by atoms with Gasteiger partial charge in [0.15, 0.2) is 0 Å². The van der Waals surface area contributed by atoms with Crippen LogP contribution in [0.3, 0.4) is 0 Å². The van der Waals surface area contributed by atoms with Gasteiger partial charge in [-0.05, 0) is 47.2 Å². The van der Waals surface area contributed by atoms with Gasteiger partial charge >= 0.3 is 0 Å². The van der Waals surface area contributed by atoms with Crippen LogP contribution in [-0.4, -0.2) is 4.57 Å². The Morgan fingerprint density at radius 3 is 2.39 bits per heavy atom. The number of aromatic nitrogens is 1. The van der Waals surface area contributed by atoms with Gasteiger partial charge in [0.05, 0.1) is 11.0 Å². The lowest BCUT2D eigenvalue weighted by molar-refractivity contribution is 1.18. The van der Waals surface area contributed by atoms with E-state index in [-0.39, 0.29) is 0 Å². The van der Waals surface area contributed by atoms with Gasteiger partial charge in [-0.1, -0.05) is 54.6 Å². The third-order valence-corrected chi connectivity index (χ3v) is 4.51. The zero-order chi connectivity index (χ0) is 15.2. The van der Waals surface area contributed by atoms with Crippen LogP contribution < -0.4 is 0 Å². The van der Waals surface area contributed by atoms with Crippen LogP contribution in [0.1, 0.15) is 0 Å². The second-order valence-electron chi connectivity index (χ2n) is 5.80. The number of para-hydroxylation sites is 1. The molecule has 1 heterocycles. The molecule has 23 heavy (non-hydrogen) atoms. The molecule has 0 saturated carbocycles. The van der Waals surface area contributed by atoms with Gasteiger partial charge in [0.25, 0.3) is 0 Å². The molecule has 1 heteroatoms. The van der Waals surface area contributed by atoms with E-state index < -0.39 is 0 Å². The smallest absolute Gasteiger partial charge is 0.0547 e. The number of benzene rings is 4. The van der Waals surface area contributed by atoms with Crippen molar-refractivity contribution >= 4 is 32.6 Å². The maximum atomic E-state index is 3.24. The van der Waals surface area contributed by atoms with E-state index in [4.69, 9.17) is 0 Å². The summed E-state index contributed by atoms with van der Waals surface area (Å²) in [7, 11) is 0. The number of hydrogen-bond acceptors (Lipinski definition) is 0. The molecule has 0 aliphatic carbocycles. The third-order valence-electron chi connectivity index (χ3n) is 4.51. The minimum Gasteiger partial charge on any atom is -0.309 e. The molecule has 0 amide bonds. The molecule has 0 unspecified atom stereocenters. The van der Waals surface area contributed by atoms with E-state index in [1.54, 1.807) is 0 Å². The molecule has 1 radical (unpaired) electrons. The van der Waals surface area contributed by atoms with Crippen molar-refractivity contribution in [3.63, 3.8) is 0 Å². The summed E-state index contributed by atoms with van der Waals surface area (Å²) >= 11 is 0. The van der Waals surface area contributed by atoms with Crippen molar-refractivity contribution in [1.82, 2.24) is 4.57 Å². The molecule has 0 spiro atoms. The predicted molar refractivity (Wildman–Crippen MR) is 97.1 cm³/mol. The molecule has 0 atom stereocenters. The highest BCUT2D eigenvalue weighted by atomic mass is 15.0. The van der Waals surface area contributed by atoms with Gasteiger partial charge < -0.3 is 4.57 Å². The van der Waals surface area contributed by atoms with Gasteiger partial charge in [-0.3, -0.25) is 0 Å². The lowest BCUT2D eigenvalue weighted by Gasteiger charge is -2.07. The Balaban J connectivity index is 2.07. The van der Waals surface area contributed by atoms with E-state index in [9.17, 15) is 0 Å². The van der Waals surface area contributed by atoms with Crippen molar-refractivity contribution in [2.75, 3.05) is 0 Å². The third kappa shape index (κ3) is 1.74. The largest absolute Gasteiger partial charge is 0.309 e. The van der Waals surface area contributed by atoms with E-state index in [1.165, 1.54) is 38.3 Å². The highest BCUT2D eigenvalue weighted by Gasteiger charge is 2.13. The first-order chi connectivity index (χ1) is 11.4. The summed E-state index contributed by atoms with van der Waals surface area (Å²) in [4.78, 5) is 0. The van der Waals surface area contributed by atoms with Gasteiger partial charge in [0.2, 0.25) is 0 Å². The van der Waals surface area contributed by atoms with Gasteiger partial charge in [-0.2, -0.15) is 0 Å². The maximum Gasteiger partial charge on any atom is 0.0547 e. The summed E-state index contributed by atoms with van der Waals surface area (Å²) in [6.45, 7) is 0. The van der Waals surface area contributed by atoms with Crippen LogP contribution in [0.4, 0.5) is 0 Å². The number of fused-ring (bicyclic) bond motifs is 5. The Labute approximate surface area is 134 Å². The molecule has 1 nitrogen and oxygen atoms in total. The zero-order valence-corrected chi connectivity index (χ0v) is 12.5. The monoisotopic (exact) mass is 292 g/mol. The molecule has 4 aromatic carbocycles. The van der Waals surface area contributed by atoms with Crippen LogP contribution >= 0.6 is 0 Å². The van der Waals surface area contributed by atoms with Crippen LogP contribution in [0.25, 0.3) is 38.3 Å². The molecule has 0 aliphatic heterocycles. The molecule has 0 aliphatic rings. The summed E-state index contributed by atoms with van der Waals surface area (Å²) in [6.07, 6.45) is 0. The minimum absolute atomic E-state index is 1.19. The van der Waals surface area contributed by atoms with Crippen LogP contribution in [-0.2, 0) is 0 Å². The average Bonchev–Trinajstić information content (AvgIpc) is 2.97. The predicted octanol–water partition coefficient (Wildman–Crippen LogP) is 5.74. The van der Waals surface area contributed by atoms with E-state index in [0.29, 0.717) is 0 Å². The second kappa shape index (κ2) is 4.72. The molecule has 1 aromatic heterocycles. The molecule has 5 rings (SSSR count). The normalized spacial score (nSPS) is 11.5. The first-order valence-corrected chi connectivity index (χ1v) is 7.81. The van der Waals surface area contributed by atoms with Crippen LogP contribution in [0.15, 0.2) is 84.9 Å². The Morgan fingerprint density at radius 1 is 0.652 bits per heavy atom. The van der Waals surface area contributed by atoms with Crippen molar-refractivity contribution in [3.05, 3.63) is 91.0 Å². The summed E-state index contributed by atoms with van der Waals surface area (Å²) < 4.78 is 2.34.